The van der Waals surface area contributed by atoms with E-state index in [1.807, 2.05) is 0 Å². The summed E-state index contributed by atoms with van der Waals surface area (Å²) in [5.74, 6) is 0.537. The second-order valence-electron chi connectivity index (χ2n) is 5.03. The van der Waals surface area contributed by atoms with E-state index >= 15 is 0 Å². The number of fused-ring (bicyclic) bond motifs is 1. The van der Waals surface area contributed by atoms with Gasteiger partial charge in [-0.3, -0.25) is 0 Å². The first-order valence-electron chi connectivity index (χ1n) is 6.47. The summed E-state index contributed by atoms with van der Waals surface area (Å²) in [6.45, 7) is 2.13. The molecular formula is C15H21ClO. The third-order valence-corrected chi connectivity index (χ3v) is 4.42. The predicted molar refractivity (Wildman–Crippen MR) is 72.6 cm³/mol. The van der Waals surface area contributed by atoms with Gasteiger partial charge in [0.15, 0.2) is 0 Å². The van der Waals surface area contributed by atoms with Crippen LogP contribution in [0, 0.1) is 5.92 Å². The highest BCUT2D eigenvalue weighted by Gasteiger charge is 2.27. The summed E-state index contributed by atoms with van der Waals surface area (Å²) in [6.07, 6.45) is 4.96. The van der Waals surface area contributed by atoms with E-state index < -0.39 is 0 Å². The topological polar surface area (TPSA) is 9.23 Å². The van der Waals surface area contributed by atoms with Crippen molar-refractivity contribution in [1.82, 2.24) is 0 Å². The molecule has 1 aromatic rings. The van der Waals surface area contributed by atoms with Gasteiger partial charge < -0.3 is 4.74 Å². The third-order valence-electron chi connectivity index (χ3n) is 3.82. The monoisotopic (exact) mass is 252 g/mol. The molecule has 0 N–H and O–H groups in total. The number of rotatable bonds is 3. The molecule has 94 valence electrons. The Morgan fingerprint density at radius 2 is 2.18 bits per heavy atom. The Kier molecular flexibility index (Phi) is 4.47. The number of hydrogen-bond donors (Lipinski definition) is 0. The number of alkyl halides is 1. The Labute approximate surface area is 109 Å². The molecule has 0 radical (unpaired) electrons. The van der Waals surface area contributed by atoms with Gasteiger partial charge in [-0.25, -0.2) is 0 Å². The lowest BCUT2D eigenvalue weighted by Crippen LogP contribution is -2.16. The molecule has 2 rings (SSSR count). The van der Waals surface area contributed by atoms with Crippen LogP contribution < -0.4 is 0 Å². The van der Waals surface area contributed by atoms with Gasteiger partial charge in [0.2, 0.25) is 0 Å². The van der Waals surface area contributed by atoms with Crippen LogP contribution in [0.5, 0.6) is 0 Å². The molecule has 0 bridgehead atoms. The van der Waals surface area contributed by atoms with Gasteiger partial charge in [0.05, 0.1) is 11.5 Å². The van der Waals surface area contributed by atoms with Crippen molar-refractivity contribution in [3.05, 3.63) is 35.4 Å². The molecule has 1 nitrogen and oxygen atoms in total. The average molecular weight is 253 g/mol. The van der Waals surface area contributed by atoms with E-state index in [2.05, 4.69) is 31.2 Å². The third kappa shape index (κ3) is 3.02. The van der Waals surface area contributed by atoms with Gasteiger partial charge in [-0.1, -0.05) is 24.3 Å². The van der Waals surface area contributed by atoms with Gasteiger partial charge >= 0.3 is 0 Å². The van der Waals surface area contributed by atoms with Crippen LogP contribution in [0.2, 0.25) is 0 Å². The molecule has 0 amide bonds. The maximum absolute atomic E-state index is 6.66. The highest BCUT2D eigenvalue weighted by Crippen LogP contribution is 2.40. The molecule has 1 aromatic carbocycles. The van der Waals surface area contributed by atoms with Crippen LogP contribution >= 0.6 is 11.6 Å². The fourth-order valence-electron chi connectivity index (χ4n) is 2.75. The van der Waals surface area contributed by atoms with E-state index in [1.165, 1.54) is 24.0 Å². The molecule has 0 saturated heterocycles. The number of benzene rings is 1. The van der Waals surface area contributed by atoms with Gasteiger partial charge in [0, 0.05) is 7.11 Å². The molecule has 3 atom stereocenters. The standard InChI is InChI=1S/C15H21ClO/c1-11(17-2)10-13-8-5-7-12-6-3-4-9-14(12)15(13)16/h3-4,6,9,11,13,15H,5,7-8,10H2,1-2H3. The van der Waals surface area contributed by atoms with Crippen LogP contribution in [0.25, 0.3) is 0 Å². The first kappa shape index (κ1) is 12.9. The van der Waals surface area contributed by atoms with Gasteiger partial charge in [-0.05, 0) is 49.7 Å². The quantitative estimate of drug-likeness (QED) is 0.574. The van der Waals surface area contributed by atoms with E-state index in [1.54, 1.807) is 7.11 Å². The number of halogens is 1. The Balaban J connectivity index is 2.17. The first-order valence-corrected chi connectivity index (χ1v) is 6.90. The minimum Gasteiger partial charge on any atom is -0.382 e. The second-order valence-corrected chi connectivity index (χ2v) is 5.51. The lowest BCUT2D eigenvalue weighted by molar-refractivity contribution is 0.0926. The maximum atomic E-state index is 6.66. The van der Waals surface area contributed by atoms with Crippen molar-refractivity contribution >= 4 is 11.6 Å². The summed E-state index contributed by atoms with van der Waals surface area (Å²) in [6, 6.07) is 8.60. The number of hydrogen-bond acceptors (Lipinski definition) is 1. The molecule has 0 fully saturated rings. The molecule has 1 aliphatic rings. The lowest BCUT2D eigenvalue weighted by Gasteiger charge is -2.23. The normalized spacial score (nSPS) is 26.1. The van der Waals surface area contributed by atoms with Gasteiger partial charge in [-0.2, -0.15) is 0 Å². The van der Waals surface area contributed by atoms with Gasteiger partial charge in [0.1, 0.15) is 0 Å². The molecule has 3 unspecified atom stereocenters. The smallest absolute Gasteiger partial charge is 0.0617 e. The predicted octanol–water partition coefficient (Wildman–Crippen LogP) is 4.34. The molecule has 0 heterocycles. The van der Waals surface area contributed by atoms with Crippen molar-refractivity contribution in [3.63, 3.8) is 0 Å². The molecular weight excluding hydrogens is 232 g/mol. The molecule has 0 spiro atoms. The Morgan fingerprint density at radius 1 is 1.41 bits per heavy atom. The highest BCUT2D eigenvalue weighted by molar-refractivity contribution is 6.21. The fourth-order valence-corrected chi connectivity index (χ4v) is 3.19. The van der Waals surface area contributed by atoms with Crippen LogP contribution in [0.3, 0.4) is 0 Å². The van der Waals surface area contributed by atoms with Crippen LogP contribution in [-0.2, 0) is 11.2 Å². The van der Waals surface area contributed by atoms with Crippen molar-refractivity contribution in [1.29, 1.82) is 0 Å². The van der Waals surface area contributed by atoms with Crippen LogP contribution in [0.15, 0.2) is 24.3 Å². The number of methoxy groups -OCH3 is 1. The summed E-state index contributed by atoms with van der Waals surface area (Å²) >= 11 is 6.66. The molecule has 17 heavy (non-hydrogen) atoms. The summed E-state index contributed by atoms with van der Waals surface area (Å²) in [7, 11) is 1.78. The van der Waals surface area contributed by atoms with Crippen molar-refractivity contribution in [2.45, 2.75) is 44.1 Å². The SMILES string of the molecule is COC(C)CC1CCCc2ccccc2C1Cl. The number of aryl methyl sites for hydroxylation is 1. The second kappa shape index (κ2) is 5.88. The molecule has 0 aromatic heterocycles. The highest BCUT2D eigenvalue weighted by atomic mass is 35.5. The van der Waals surface area contributed by atoms with Crippen LogP contribution in [-0.4, -0.2) is 13.2 Å². The molecule has 1 aliphatic carbocycles. The largest absolute Gasteiger partial charge is 0.382 e. The zero-order valence-electron chi connectivity index (χ0n) is 10.7. The average Bonchev–Trinajstić information content (AvgIpc) is 2.51. The zero-order chi connectivity index (χ0) is 12.3. The van der Waals surface area contributed by atoms with E-state index in [9.17, 15) is 0 Å². The van der Waals surface area contributed by atoms with Crippen molar-refractivity contribution in [3.8, 4) is 0 Å². The number of ether oxygens (including phenoxy) is 1. The summed E-state index contributed by atoms with van der Waals surface area (Å²) in [5, 5.41) is 0.145. The van der Waals surface area contributed by atoms with Gasteiger partial charge in [0.25, 0.3) is 0 Å². The van der Waals surface area contributed by atoms with E-state index in [0.717, 1.165) is 12.8 Å². The summed E-state index contributed by atoms with van der Waals surface area (Å²) in [5.41, 5.74) is 2.76. The first-order chi connectivity index (χ1) is 8.22. The lowest BCUT2D eigenvalue weighted by atomic mass is 9.91. The Morgan fingerprint density at radius 3 is 2.94 bits per heavy atom. The van der Waals surface area contributed by atoms with Crippen molar-refractivity contribution in [2.75, 3.05) is 7.11 Å². The Bertz CT molecular complexity index is 364. The van der Waals surface area contributed by atoms with E-state index in [0.29, 0.717) is 12.0 Å². The minimum absolute atomic E-state index is 0.145. The Hall–Kier alpha value is -0.530. The molecule has 0 aliphatic heterocycles. The van der Waals surface area contributed by atoms with E-state index in [-0.39, 0.29) is 5.38 Å². The fraction of sp³-hybridized carbons (Fsp3) is 0.600. The molecule has 2 heteroatoms. The van der Waals surface area contributed by atoms with Gasteiger partial charge in [-0.15, -0.1) is 11.6 Å². The van der Waals surface area contributed by atoms with Crippen LogP contribution in [0.4, 0.5) is 0 Å². The zero-order valence-corrected chi connectivity index (χ0v) is 11.4. The summed E-state index contributed by atoms with van der Waals surface area (Å²) < 4.78 is 5.37. The van der Waals surface area contributed by atoms with Crippen LogP contribution in [0.1, 0.15) is 42.7 Å². The molecule has 0 saturated carbocycles. The van der Waals surface area contributed by atoms with Crippen molar-refractivity contribution in [2.24, 2.45) is 5.92 Å². The summed E-state index contributed by atoms with van der Waals surface area (Å²) in [4.78, 5) is 0. The maximum Gasteiger partial charge on any atom is 0.0617 e. The minimum atomic E-state index is 0.145. The van der Waals surface area contributed by atoms with Crippen molar-refractivity contribution < 1.29 is 4.74 Å². The van der Waals surface area contributed by atoms with E-state index in [4.69, 9.17) is 16.3 Å².